The van der Waals surface area contributed by atoms with Crippen LogP contribution in [0.2, 0.25) is 0 Å². The average molecular weight is 349 g/mol. The van der Waals surface area contributed by atoms with Crippen LogP contribution in [-0.4, -0.2) is 0 Å². The minimum absolute atomic E-state index is 1.09. The molecule has 0 bridgehead atoms. The van der Waals surface area contributed by atoms with Gasteiger partial charge in [0, 0.05) is 0 Å². The van der Waals surface area contributed by atoms with Crippen molar-refractivity contribution < 1.29 is 0 Å². The molecule has 0 heteroatoms. The summed E-state index contributed by atoms with van der Waals surface area (Å²) >= 11 is 0. The van der Waals surface area contributed by atoms with Crippen LogP contribution < -0.4 is 0 Å². The van der Waals surface area contributed by atoms with Crippen LogP contribution in [0, 0.1) is 23.7 Å². The van der Waals surface area contributed by atoms with Crippen molar-refractivity contribution in [3.05, 3.63) is 0 Å². The molecular formula is C25H48. The van der Waals surface area contributed by atoms with Crippen LogP contribution in [0.3, 0.4) is 0 Å². The maximum absolute atomic E-state index is 2.33. The standard InChI is InChI=1S/C25H48/c1-3-5-7-9-11-13-23-16-20-25(21-17-23)24-18-14-22(15-19-24)12-10-8-6-4-2/h22-25H,3-21H2,1-2H3/t22-,23?,24-,25?. The van der Waals surface area contributed by atoms with E-state index in [2.05, 4.69) is 13.8 Å². The summed E-state index contributed by atoms with van der Waals surface area (Å²) in [7, 11) is 0. The van der Waals surface area contributed by atoms with Crippen molar-refractivity contribution in [2.24, 2.45) is 23.7 Å². The fourth-order valence-electron chi connectivity index (χ4n) is 5.79. The lowest BCUT2D eigenvalue weighted by Crippen LogP contribution is -2.25. The monoisotopic (exact) mass is 348 g/mol. The Hall–Kier alpha value is 0. The van der Waals surface area contributed by atoms with E-state index in [1.165, 1.54) is 64.2 Å². The molecule has 25 heavy (non-hydrogen) atoms. The number of hydrogen-bond donors (Lipinski definition) is 0. The second kappa shape index (κ2) is 13.2. The maximum atomic E-state index is 2.33. The highest BCUT2D eigenvalue weighted by Gasteiger charge is 2.30. The van der Waals surface area contributed by atoms with E-state index in [1.54, 1.807) is 57.8 Å². The van der Waals surface area contributed by atoms with Crippen molar-refractivity contribution in [3.63, 3.8) is 0 Å². The van der Waals surface area contributed by atoms with Gasteiger partial charge in [-0.15, -0.1) is 0 Å². The van der Waals surface area contributed by atoms with E-state index in [4.69, 9.17) is 0 Å². The van der Waals surface area contributed by atoms with E-state index in [0.29, 0.717) is 0 Å². The topological polar surface area (TPSA) is 0 Å². The van der Waals surface area contributed by atoms with Gasteiger partial charge >= 0.3 is 0 Å². The van der Waals surface area contributed by atoms with E-state index < -0.39 is 0 Å². The Kier molecular flexibility index (Phi) is 11.3. The smallest absolute Gasteiger partial charge is 0.0386 e. The molecule has 2 rings (SSSR count). The molecule has 2 fully saturated rings. The quantitative estimate of drug-likeness (QED) is 0.309. The number of hydrogen-bond acceptors (Lipinski definition) is 0. The van der Waals surface area contributed by atoms with Crippen LogP contribution in [0.15, 0.2) is 0 Å². The fraction of sp³-hybridized carbons (Fsp3) is 1.00. The summed E-state index contributed by atoms with van der Waals surface area (Å²) in [5.41, 5.74) is 0. The summed E-state index contributed by atoms with van der Waals surface area (Å²) in [6, 6.07) is 0. The normalized spacial score (nSPS) is 30.5. The number of rotatable bonds is 12. The average Bonchev–Trinajstić information content (AvgIpc) is 2.66. The molecule has 0 heterocycles. The molecule has 0 unspecified atom stereocenters. The molecule has 0 aromatic heterocycles. The molecule has 0 aromatic carbocycles. The molecule has 2 aliphatic rings. The van der Waals surface area contributed by atoms with Gasteiger partial charge in [0.25, 0.3) is 0 Å². The largest absolute Gasteiger partial charge is 0.0654 e. The number of unbranched alkanes of at least 4 members (excludes halogenated alkanes) is 7. The molecule has 0 amide bonds. The lowest BCUT2D eigenvalue weighted by molar-refractivity contribution is 0.139. The van der Waals surface area contributed by atoms with Gasteiger partial charge in [0.05, 0.1) is 0 Å². The third-order valence-corrected chi connectivity index (χ3v) is 7.63. The lowest BCUT2D eigenvalue weighted by atomic mass is 9.68. The molecule has 0 saturated heterocycles. The van der Waals surface area contributed by atoms with Crippen LogP contribution >= 0.6 is 0 Å². The van der Waals surface area contributed by atoms with Gasteiger partial charge in [0.1, 0.15) is 0 Å². The van der Waals surface area contributed by atoms with Gasteiger partial charge in [0.15, 0.2) is 0 Å². The fourth-order valence-corrected chi connectivity index (χ4v) is 5.79. The van der Waals surface area contributed by atoms with Crippen molar-refractivity contribution in [2.45, 2.75) is 136 Å². The third kappa shape index (κ3) is 8.49. The highest BCUT2D eigenvalue weighted by atomic mass is 14.4. The summed E-state index contributed by atoms with van der Waals surface area (Å²) in [5, 5.41) is 0. The second-order valence-electron chi connectivity index (χ2n) is 9.61. The molecule has 0 radical (unpaired) electrons. The predicted molar refractivity (Wildman–Crippen MR) is 113 cm³/mol. The summed E-state index contributed by atoms with van der Waals surface area (Å²) < 4.78 is 0. The molecule has 2 saturated carbocycles. The minimum atomic E-state index is 1.09. The van der Waals surface area contributed by atoms with Gasteiger partial charge in [-0.25, -0.2) is 0 Å². The van der Waals surface area contributed by atoms with Crippen molar-refractivity contribution in [1.82, 2.24) is 0 Å². The Balaban J connectivity index is 1.52. The van der Waals surface area contributed by atoms with Gasteiger partial charge < -0.3 is 0 Å². The molecule has 0 aromatic rings. The molecule has 0 N–H and O–H groups in total. The van der Waals surface area contributed by atoms with Gasteiger partial charge in [-0.1, -0.05) is 110 Å². The van der Waals surface area contributed by atoms with E-state index in [9.17, 15) is 0 Å². The first-order valence-electron chi connectivity index (χ1n) is 12.3. The van der Waals surface area contributed by atoms with Crippen LogP contribution in [0.1, 0.15) is 136 Å². The molecule has 0 aliphatic heterocycles. The highest BCUT2D eigenvalue weighted by molar-refractivity contribution is 4.82. The highest BCUT2D eigenvalue weighted by Crippen LogP contribution is 2.43. The first-order chi connectivity index (χ1) is 12.3. The Morgan fingerprint density at radius 1 is 0.440 bits per heavy atom. The van der Waals surface area contributed by atoms with E-state index in [-0.39, 0.29) is 0 Å². The summed E-state index contributed by atoms with van der Waals surface area (Å²) in [4.78, 5) is 0. The van der Waals surface area contributed by atoms with E-state index >= 15 is 0 Å². The van der Waals surface area contributed by atoms with Gasteiger partial charge in [-0.2, -0.15) is 0 Å². The van der Waals surface area contributed by atoms with Crippen molar-refractivity contribution in [3.8, 4) is 0 Å². The van der Waals surface area contributed by atoms with Crippen LogP contribution in [0.5, 0.6) is 0 Å². The first-order valence-corrected chi connectivity index (χ1v) is 12.3. The SMILES string of the molecule is CCCCCCCC1CCC([C@H]2CC[C@H](CCCCCC)CC2)CC1. The van der Waals surface area contributed by atoms with Gasteiger partial charge in [0.2, 0.25) is 0 Å². The van der Waals surface area contributed by atoms with Crippen LogP contribution in [-0.2, 0) is 0 Å². The Labute approximate surface area is 159 Å². The Morgan fingerprint density at radius 2 is 0.800 bits per heavy atom. The Bertz CT molecular complexity index is 291. The zero-order chi connectivity index (χ0) is 17.7. The molecule has 148 valence electrons. The second-order valence-corrected chi connectivity index (χ2v) is 9.61. The van der Waals surface area contributed by atoms with Crippen molar-refractivity contribution in [1.29, 1.82) is 0 Å². The summed E-state index contributed by atoms with van der Waals surface area (Å²) in [6.45, 7) is 4.65. The molecular weight excluding hydrogens is 300 g/mol. The van der Waals surface area contributed by atoms with E-state index in [0.717, 1.165) is 23.7 Å². The van der Waals surface area contributed by atoms with Crippen LogP contribution in [0.4, 0.5) is 0 Å². The summed E-state index contributed by atoms with van der Waals surface area (Å²) in [6.07, 6.45) is 28.8. The molecule has 2 aliphatic carbocycles. The minimum Gasteiger partial charge on any atom is -0.0654 e. The molecule has 0 nitrogen and oxygen atoms in total. The molecule has 0 spiro atoms. The first kappa shape index (κ1) is 21.3. The molecule has 0 atom stereocenters. The van der Waals surface area contributed by atoms with Gasteiger partial charge in [-0.3, -0.25) is 0 Å². The summed E-state index contributed by atoms with van der Waals surface area (Å²) in [5.74, 6) is 4.40. The lowest BCUT2D eigenvalue weighted by Gasteiger charge is -2.38. The predicted octanol–water partition coefficient (Wildman–Crippen LogP) is 8.93. The van der Waals surface area contributed by atoms with Gasteiger partial charge in [-0.05, 0) is 49.4 Å². The van der Waals surface area contributed by atoms with Crippen molar-refractivity contribution >= 4 is 0 Å². The zero-order valence-electron chi connectivity index (χ0n) is 17.7. The third-order valence-electron chi connectivity index (χ3n) is 7.63. The van der Waals surface area contributed by atoms with E-state index in [1.807, 2.05) is 0 Å². The zero-order valence-corrected chi connectivity index (χ0v) is 17.7. The van der Waals surface area contributed by atoms with Crippen molar-refractivity contribution in [2.75, 3.05) is 0 Å². The Morgan fingerprint density at radius 3 is 1.20 bits per heavy atom. The van der Waals surface area contributed by atoms with Crippen LogP contribution in [0.25, 0.3) is 0 Å². The maximum Gasteiger partial charge on any atom is -0.0386 e.